The van der Waals surface area contributed by atoms with Crippen LogP contribution in [0.1, 0.15) is 37.3 Å². The van der Waals surface area contributed by atoms with Crippen molar-refractivity contribution in [1.29, 1.82) is 0 Å². The van der Waals surface area contributed by atoms with Gasteiger partial charge in [0.25, 0.3) is 0 Å². The summed E-state index contributed by atoms with van der Waals surface area (Å²) in [4.78, 5) is 11.6. The number of nitrogens with zero attached hydrogens (tertiary/aromatic N) is 1. The molecule has 2 N–H and O–H groups in total. The molecule has 1 amide bonds. The highest BCUT2D eigenvalue weighted by Gasteiger charge is 2.11. The highest BCUT2D eigenvalue weighted by Crippen LogP contribution is 2.19. The zero-order valence-electron chi connectivity index (χ0n) is 12.6. The first-order valence-electron chi connectivity index (χ1n) is 6.86. The smallest absolute Gasteiger partial charge is 0.230 e. The Labute approximate surface area is 124 Å². The summed E-state index contributed by atoms with van der Waals surface area (Å²) < 4.78 is 5.07. The van der Waals surface area contributed by atoms with Gasteiger partial charge in [-0.15, -0.1) is 11.8 Å². The number of rotatable bonds is 8. The fourth-order valence-electron chi connectivity index (χ4n) is 1.70. The van der Waals surface area contributed by atoms with E-state index in [0.29, 0.717) is 18.7 Å². The number of hydrogen-bond acceptors (Lipinski definition) is 5. The number of aromatic nitrogens is 1. The van der Waals surface area contributed by atoms with Crippen LogP contribution >= 0.6 is 11.8 Å². The van der Waals surface area contributed by atoms with Crippen LogP contribution in [0.4, 0.5) is 0 Å². The number of thioether (sulfide) groups is 1. The lowest BCUT2D eigenvalue weighted by Crippen LogP contribution is -2.29. The predicted octanol–water partition coefficient (Wildman–Crippen LogP) is 2.05. The number of hydrogen-bond donors (Lipinski definition) is 2. The zero-order valence-corrected chi connectivity index (χ0v) is 13.4. The van der Waals surface area contributed by atoms with Gasteiger partial charge in [-0.2, -0.15) is 0 Å². The van der Waals surface area contributed by atoms with E-state index in [1.54, 1.807) is 0 Å². The highest BCUT2D eigenvalue weighted by molar-refractivity contribution is 7.99. The summed E-state index contributed by atoms with van der Waals surface area (Å²) in [6.45, 7) is 8.23. The van der Waals surface area contributed by atoms with Gasteiger partial charge in [-0.05, 0) is 26.2 Å². The van der Waals surface area contributed by atoms with Crippen LogP contribution in [0.25, 0.3) is 0 Å². The van der Waals surface area contributed by atoms with Crippen LogP contribution in [-0.4, -0.2) is 34.6 Å². The molecular formula is C14H24N2O3S. The Kier molecular flexibility index (Phi) is 7.09. The molecule has 0 aliphatic rings. The van der Waals surface area contributed by atoms with Crippen molar-refractivity contribution in [1.82, 2.24) is 10.5 Å². The molecule has 1 rings (SSSR count). The van der Waals surface area contributed by atoms with Crippen LogP contribution in [0.15, 0.2) is 4.52 Å². The average Bonchev–Trinajstić information content (AvgIpc) is 2.70. The predicted molar refractivity (Wildman–Crippen MR) is 80.6 cm³/mol. The third-order valence-corrected chi connectivity index (χ3v) is 4.15. The second-order valence-electron chi connectivity index (χ2n) is 5.25. The van der Waals surface area contributed by atoms with Gasteiger partial charge in [-0.25, -0.2) is 0 Å². The lowest BCUT2D eigenvalue weighted by molar-refractivity contribution is -0.118. The number of aliphatic hydroxyl groups excluding tert-OH is 1. The quantitative estimate of drug-likeness (QED) is 0.768. The van der Waals surface area contributed by atoms with Crippen LogP contribution in [-0.2, 0) is 10.5 Å². The summed E-state index contributed by atoms with van der Waals surface area (Å²) in [6, 6.07) is 0. The minimum Gasteiger partial charge on any atom is -0.393 e. The molecule has 0 bridgehead atoms. The maximum Gasteiger partial charge on any atom is 0.230 e. The Bertz CT molecular complexity index is 413. The van der Waals surface area contributed by atoms with Gasteiger partial charge in [-0.1, -0.05) is 19.0 Å². The van der Waals surface area contributed by atoms with Gasteiger partial charge in [0.2, 0.25) is 5.91 Å². The molecule has 0 aliphatic carbocycles. The molecular weight excluding hydrogens is 276 g/mol. The monoisotopic (exact) mass is 300 g/mol. The Morgan fingerprint density at radius 2 is 2.15 bits per heavy atom. The Morgan fingerprint density at radius 3 is 2.70 bits per heavy atom. The first kappa shape index (κ1) is 17.0. The first-order chi connectivity index (χ1) is 9.41. The first-order valence-corrected chi connectivity index (χ1v) is 8.01. The lowest BCUT2D eigenvalue weighted by atomic mass is 10.0. The van der Waals surface area contributed by atoms with Gasteiger partial charge < -0.3 is 14.9 Å². The number of carbonyl (C=O) groups is 1. The number of carbonyl (C=O) groups excluding carboxylic acids is 1. The number of aryl methyl sites for hydroxylation is 2. The van der Waals surface area contributed by atoms with E-state index in [-0.39, 0.29) is 17.9 Å². The molecule has 0 fully saturated rings. The lowest BCUT2D eigenvalue weighted by Gasteiger charge is -2.14. The number of nitrogens with one attached hydrogen (secondary N) is 1. The number of amides is 1. The standard InChI is InChI=1S/C14H24N2O3S/c1-9(2)13(17)5-6-15-14(18)8-20-7-12-10(3)16-19-11(12)4/h9,13,17H,5-8H2,1-4H3,(H,15,18). The van der Waals surface area contributed by atoms with Crippen LogP contribution in [0.2, 0.25) is 0 Å². The van der Waals surface area contributed by atoms with Crippen molar-refractivity contribution < 1.29 is 14.4 Å². The second kappa shape index (κ2) is 8.32. The Morgan fingerprint density at radius 1 is 1.45 bits per heavy atom. The molecule has 1 aromatic heterocycles. The minimum atomic E-state index is -0.356. The SMILES string of the molecule is Cc1noc(C)c1CSCC(=O)NCCC(O)C(C)C. The van der Waals surface area contributed by atoms with Crippen molar-refractivity contribution in [3.8, 4) is 0 Å². The average molecular weight is 300 g/mol. The molecule has 1 atom stereocenters. The van der Waals surface area contributed by atoms with E-state index in [4.69, 9.17) is 4.52 Å². The van der Waals surface area contributed by atoms with E-state index in [2.05, 4.69) is 10.5 Å². The molecule has 1 aromatic rings. The maximum absolute atomic E-state index is 11.6. The highest BCUT2D eigenvalue weighted by atomic mass is 32.2. The van der Waals surface area contributed by atoms with E-state index >= 15 is 0 Å². The molecule has 0 aliphatic heterocycles. The molecule has 0 saturated heterocycles. The van der Waals surface area contributed by atoms with E-state index in [0.717, 1.165) is 22.8 Å². The van der Waals surface area contributed by atoms with Gasteiger partial charge in [0.15, 0.2) is 0 Å². The minimum absolute atomic E-state index is 0.00211. The Hall–Kier alpha value is -1.01. The van der Waals surface area contributed by atoms with Gasteiger partial charge in [0.05, 0.1) is 17.6 Å². The van der Waals surface area contributed by atoms with Gasteiger partial charge in [0.1, 0.15) is 5.76 Å². The molecule has 0 saturated carbocycles. The summed E-state index contributed by atoms with van der Waals surface area (Å²) in [6.07, 6.45) is 0.239. The van der Waals surface area contributed by atoms with E-state index in [1.807, 2.05) is 27.7 Å². The molecule has 1 heterocycles. The summed E-state index contributed by atoms with van der Waals surface area (Å²) in [5, 5.41) is 16.3. The van der Waals surface area contributed by atoms with Crippen LogP contribution in [0, 0.1) is 19.8 Å². The third kappa shape index (κ3) is 5.54. The zero-order chi connectivity index (χ0) is 15.1. The maximum atomic E-state index is 11.6. The van der Waals surface area contributed by atoms with Crippen molar-refractivity contribution in [2.45, 2.75) is 46.0 Å². The van der Waals surface area contributed by atoms with Crippen molar-refractivity contribution in [3.05, 3.63) is 17.0 Å². The molecule has 5 nitrogen and oxygen atoms in total. The summed E-state index contributed by atoms with van der Waals surface area (Å²) in [5.41, 5.74) is 1.95. The van der Waals surface area contributed by atoms with Crippen molar-refractivity contribution >= 4 is 17.7 Å². The molecule has 114 valence electrons. The van der Waals surface area contributed by atoms with Gasteiger partial charge in [0, 0.05) is 17.9 Å². The summed E-state index contributed by atoms with van der Waals surface area (Å²) in [5.74, 6) is 2.17. The fourth-order valence-corrected chi connectivity index (χ4v) is 2.70. The summed E-state index contributed by atoms with van der Waals surface area (Å²) >= 11 is 1.54. The fraction of sp³-hybridized carbons (Fsp3) is 0.714. The number of aliphatic hydroxyl groups is 1. The molecule has 1 unspecified atom stereocenters. The topological polar surface area (TPSA) is 75.4 Å². The molecule has 0 aromatic carbocycles. The molecule has 20 heavy (non-hydrogen) atoms. The summed E-state index contributed by atoms with van der Waals surface area (Å²) in [7, 11) is 0. The van der Waals surface area contributed by atoms with Gasteiger partial charge >= 0.3 is 0 Å². The normalized spacial score (nSPS) is 12.7. The van der Waals surface area contributed by atoms with Crippen molar-refractivity contribution in [3.63, 3.8) is 0 Å². The van der Waals surface area contributed by atoms with Crippen LogP contribution in [0.5, 0.6) is 0 Å². The van der Waals surface area contributed by atoms with Crippen LogP contribution < -0.4 is 5.32 Å². The van der Waals surface area contributed by atoms with Crippen molar-refractivity contribution in [2.75, 3.05) is 12.3 Å². The molecule has 0 radical (unpaired) electrons. The molecule has 0 spiro atoms. The van der Waals surface area contributed by atoms with E-state index in [9.17, 15) is 9.90 Å². The second-order valence-corrected chi connectivity index (χ2v) is 6.23. The van der Waals surface area contributed by atoms with Gasteiger partial charge in [-0.3, -0.25) is 4.79 Å². The largest absolute Gasteiger partial charge is 0.393 e. The molecule has 6 heteroatoms. The Balaban J connectivity index is 2.18. The van der Waals surface area contributed by atoms with Crippen LogP contribution in [0.3, 0.4) is 0 Å². The third-order valence-electron chi connectivity index (χ3n) is 3.19. The van der Waals surface area contributed by atoms with Crippen molar-refractivity contribution in [2.24, 2.45) is 5.92 Å². The van der Waals surface area contributed by atoms with E-state index < -0.39 is 0 Å². The van der Waals surface area contributed by atoms with E-state index in [1.165, 1.54) is 11.8 Å².